The first kappa shape index (κ1) is 12.9. The minimum Gasteiger partial charge on any atom is -0.345 e. The first-order chi connectivity index (χ1) is 10.8. The van der Waals surface area contributed by atoms with Crippen molar-refractivity contribution >= 4 is 38.6 Å². The molecule has 1 aromatic carbocycles. The van der Waals surface area contributed by atoms with Crippen molar-refractivity contribution in [3.8, 4) is 0 Å². The third kappa shape index (κ3) is 2.31. The lowest BCUT2D eigenvalue weighted by Crippen LogP contribution is -2.23. The van der Waals surface area contributed by atoms with Gasteiger partial charge in [-0.1, -0.05) is 12.1 Å². The number of carbonyl (C=O) groups is 1. The van der Waals surface area contributed by atoms with Crippen LogP contribution in [0.4, 0.5) is 0 Å². The maximum Gasteiger partial charge on any atom is 0.271 e. The summed E-state index contributed by atoms with van der Waals surface area (Å²) in [7, 11) is 0. The van der Waals surface area contributed by atoms with Crippen LogP contribution in [-0.4, -0.2) is 25.8 Å². The third-order valence-corrected chi connectivity index (χ3v) is 4.27. The Kier molecular flexibility index (Phi) is 3.05. The van der Waals surface area contributed by atoms with E-state index >= 15 is 0 Å². The molecule has 3 aromatic heterocycles. The fraction of sp³-hybridized carbons (Fsp3) is 0.0667. The van der Waals surface area contributed by atoms with E-state index in [2.05, 4.69) is 25.3 Å². The molecule has 3 heterocycles. The summed E-state index contributed by atoms with van der Waals surface area (Å²) in [5.41, 5.74) is 2.59. The van der Waals surface area contributed by atoms with Crippen LogP contribution in [0.3, 0.4) is 0 Å². The number of thiazole rings is 1. The molecule has 2 N–H and O–H groups in total. The fourth-order valence-corrected chi connectivity index (χ4v) is 3.09. The summed E-state index contributed by atoms with van der Waals surface area (Å²) in [6.45, 7) is 0.380. The molecule has 4 rings (SSSR count). The second-order valence-electron chi connectivity index (χ2n) is 4.72. The van der Waals surface area contributed by atoms with Crippen LogP contribution in [0.1, 0.15) is 15.5 Å². The zero-order chi connectivity index (χ0) is 14.9. The number of benzene rings is 1. The lowest BCUT2D eigenvalue weighted by Gasteiger charge is -2.02. The average Bonchev–Trinajstić information content (AvgIpc) is 3.17. The summed E-state index contributed by atoms with van der Waals surface area (Å²) in [5.74, 6) is -0.255. The first-order valence-electron chi connectivity index (χ1n) is 6.72. The number of nitrogens with one attached hydrogen (secondary N) is 2. The fourth-order valence-electron chi connectivity index (χ4n) is 2.18. The smallest absolute Gasteiger partial charge is 0.271 e. The summed E-state index contributed by atoms with van der Waals surface area (Å²) in [4.78, 5) is 28.0. The lowest BCUT2D eigenvalue weighted by molar-refractivity contribution is 0.0946. The van der Waals surface area contributed by atoms with Crippen molar-refractivity contribution in [3.05, 3.63) is 53.4 Å². The predicted octanol–water partition coefficient (Wildman–Crippen LogP) is 2.50. The van der Waals surface area contributed by atoms with Crippen LogP contribution in [0.25, 0.3) is 21.4 Å². The summed E-state index contributed by atoms with van der Waals surface area (Å²) in [6, 6.07) is 9.69. The van der Waals surface area contributed by atoms with E-state index in [0.717, 1.165) is 15.2 Å². The highest BCUT2D eigenvalue weighted by molar-refractivity contribution is 7.18. The number of amides is 1. The second kappa shape index (κ2) is 5.19. The minimum absolute atomic E-state index is 0.255. The molecular weight excluding hydrogens is 298 g/mol. The maximum absolute atomic E-state index is 12.2. The number of rotatable bonds is 3. The van der Waals surface area contributed by atoms with Gasteiger partial charge in [-0.2, -0.15) is 0 Å². The number of aromatic nitrogens is 4. The molecule has 0 unspecified atom stereocenters. The van der Waals surface area contributed by atoms with E-state index < -0.39 is 0 Å². The quantitative estimate of drug-likeness (QED) is 0.609. The normalized spacial score (nSPS) is 11.1. The van der Waals surface area contributed by atoms with E-state index in [0.29, 0.717) is 23.4 Å². The molecule has 6 nitrogen and oxygen atoms in total. The number of hydrogen-bond acceptors (Lipinski definition) is 5. The van der Waals surface area contributed by atoms with Crippen LogP contribution in [-0.2, 0) is 6.54 Å². The number of aromatic amines is 1. The number of hydrogen-bond donors (Lipinski definition) is 2. The van der Waals surface area contributed by atoms with Gasteiger partial charge in [-0.25, -0.2) is 15.0 Å². The molecular formula is C15H11N5OS. The highest BCUT2D eigenvalue weighted by Crippen LogP contribution is 2.21. The van der Waals surface area contributed by atoms with Crippen LogP contribution >= 0.6 is 11.3 Å². The topological polar surface area (TPSA) is 83.6 Å². The van der Waals surface area contributed by atoms with Gasteiger partial charge >= 0.3 is 0 Å². The van der Waals surface area contributed by atoms with Crippen molar-refractivity contribution < 1.29 is 4.79 Å². The second-order valence-corrected chi connectivity index (χ2v) is 5.84. The molecule has 1 amide bonds. The van der Waals surface area contributed by atoms with Crippen LogP contribution in [0.2, 0.25) is 0 Å². The molecule has 0 fully saturated rings. The van der Waals surface area contributed by atoms with Crippen LogP contribution < -0.4 is 5.32 Å². The Hall–Kier alpha value is -2.80. The first-order valence-corrected chi connectivity index (χ1v) is 7.54. The molecule has 0 radical (unpaired) electrons. The monoisotopic (exact) mass is 309 g/mol. The molecule has 22 heavy (non-hydrogen) atoms. The Morgan fingerprint density at radius 2 is 2.09 bits per heavy atom. The van der Waals surface area contributed by atoms with Crippen molar-refractivity contribution in [2.75, 3.05) is 0 Å². The highest BCUT2D eigenvalue weighted by Gasteiger charge is 2.10. The molecule has 0 saturated carbocycles. The van der Waals surface area contributed by atoms with Gasteiger partial charge in [0.25, 0.3) is 5.91 Å². The Bertz CT molecular complexity index is 941. The van der Waals surface area contributed by atoms with Gasteiger partial charge in [0.2, 0.25) is 0 Å². The number of nitrogens with zero attached hydrogens (tertiary/aromatic N) is 3. The van der Waals surface area contributed by atoms with Crippen LogP contribution in [0.5, 0.6) is 0 Å². The molecule has 0 aliphatic carbocycles. The van der Waals surface area contributed by atoms with Crippen molar-refractivity contribution in [1.29, 1.82) is 0 Å². The molecule has 0 spiro atoms. The van der Waals surface area contributed by atoms with E-state index in [1.807, 2.05) is 24.3 Å². The molecule has 108 valence electrons. The summed E-state index contributed by atoms with van der Waals surface area (Å²) >= 11 is 1.57. The Balaban J connectivity index is 1.51. The SMILES string of the molecule is O=C(NCc1nc2ccccc2s1)c1cnc2[nH]ccc2n1. The van der Waals surface area contributed by atoms with Crippen molar-refractivity contribution in [3.63, 3.8) is 0 Å². The average molecular weight is 309 g/mol. The standard InChI is InChI=1S/C15H11N5OS/c21-15(11-7-17-14-10(19-11)5-6-16-14)18-8-13-20-9-3-1-2-4-12(9)22-13/h1-7H,8H2,(H,16,17)(H,18,21). The number of para-hydroxylation sites is 1. The van der Waals surface area contributed by atoms with Gasteiger partial charge in [-0.3, -0.25) is 4.79 Å². The van der Waals surface area contributed by atoms with Gasteiger partial charge in [0.05, 0.1) is 23.0 Å². The summed E-state index contributed by atoms with van der Waals surface area (Å²) in [5, 5.41) is 3.70. The molecule has 7 heteroatoms. The molecule has 0 aliphatic heterocycles. The van der Waals surface area contributed by atoms with Gasteiger partial charge in [-0.15, -0.1) is 11.3 Å². The molecule has 4 aromatic rings. The van der Waals surface area contributed by atoms with Gasteiger partial charge in [0.15, 0.2) is 5.65 Å². The largest absolute Gasteiger partial charge is 0.345 e. The Labute approximate surface area is 129 Å². The number of carbonyl (C=O) groups excluding carboxylic acids is 1. The van der Waals surface area contributed by atoms with Gasteiger partial charge in [0, 0.05) is 6.20 Å². The third-order valence-electron chi connectivity index (χ3n) is 3.23. The molecule has 0 atom stereocenters. The Morgan fingerprint density at radius 1 is 1.18 bits per heavy atom. The van der Waals surface area contributed by atoms with Gasteiger partial charge < -0.3 is 10.3 Å². The number of H-pyrrole nitrogens is 1. The van der Waals surface area contributed by atoms with Crippen LogP contribution in [0, 0.1) is 0 Å². The zero-order valence-electron chi connectivity index (χ0n) is 11.4. The molecule has 0 saturated heterocycles. The minimum atomic E-state index is -0.255. The summed E-state index contributed by atoms with van der Waals surface area (Å²) in [6.07, 6.45) is 3.21. The van der Waals surface area contributed by atoms with Crippen LogP contribution in [0.15, 0.2) is 42.7 Å². The number of fused-ring (bicyclic) bond motifs is 2. The predicted molar refractivity (Wildman–Crippen MR) is 84.7 cm³/mol. The maximum atomic E-state index is 12.2. The highest BCUT2D eigenvalue weighted by atomic mass is 32.1. The molecule has 0 bridgehead atoms. The van der Waals surface area contributed by atoms with Gasteiger partial charge in [0.1, 0.15) is 16.2 Å². The van der Waals surface area contributed by atoms with E-state index in [-0.39, 0.29) is 5.91 Å². The molecule has 0 aliphatic rings. The Morgan fingerprint density at radius 3 is 3.00 bits per heavy atom. The lowest BCUT2D eigenvalue weighted by atomic mass is 10.3. The van der Waals surface area contributed by atoms with Crippen molar-refractivity contribution in [1.82, 2.24) is 25.3 Å². The van der Waals surface area contributed by atoms with Crippen molar-refractivity contribution in [2.24, 2.45) is 0 Å². The van der Waals surface area contributed by atoms with Crippen molar-refractivity contribution in [2.45, 2.75) is 6.54 Å². The van der Waals surface area contributed by atoms with E-state index in [4.69, 9.17) is 0 Å². The van der Waals surface area contributed by atoms with E-state index in [1.54, 1.807) is 23.6 Å². The zero-order valence-corrected chi connectivity index (χ0v) is 12.2. The summed E-state index contributed by atoms with van der Waals surface area (Å²) < 4.78 is 1.11. The van der Waals surface area contributed by atoms with E-state index in [9.17, 15) is 4.79 Å². The van der Waals surface area contributed by atoms with E-state index in [1.165, 1.54) is 6.20 Å². The van der Waals surface area contributed by atoms with Gasteiger partial charge in [-0.05, 0) is 18.2 Å².